The Hall–Kier alpha value is -3.52. The van der Waals surface area contributed by atoms with Crippen molar-refractivity contribution in [1.29, 1.82) is 5.26 Å². The molecule has 55 heavy (non-hydrogen) atoms. The summed E-state index contributed by atoms with van der Waals surface area (Å²) in [4.78, 5) is 59.1. The standard InChI is InChI=1S/C12H27NO6.C12H21NO6.C11H18N2O4/c1-14-10-17-7-4-13(5-8-18-11-15-2)6-9-19-12-16-3;1-10(14)17-7-4-13(5-8-18-11(2)15)6-9-19-12(3)16;1-10(14)16-8-6-13(5-3-4-12)7-9-17-11(2)15/h4-12H2,1-3H3;4-9H2,1-3H3;3,5-9H2,1-2H3. The van der Waals surface area contributed by atoms with E-state index in [-0.39, 0.29) is 62.9 Å². The van der Waals surface area contributed by atoms with Gasteiger partial charge in [-0.1, -0.05) is 0 Å². The van der Waals surface area contributed by atoms with E-state index in [2.05, 4.69) is 4.90 Å². The molecule has 0 saturated carbocycles. The lowest BCUT2D eigenvalue weighted by molar-refractivity contribution is -0.144. The molecule has 0 unspecified atom stereocenters. The van der Waals surface area contributed by atoms with E-state index in [4.69, 9.17) is 57.4 Å². The molecule has 0 spiro atoms. The lowest BCUT2D eigenvalue weighted by Gasteiger charge is -2.21. The zero-order chi connectivity index (χ0) is 42.0. The number of carbonyl (C=O) groups excluding carboxylic acids is 5. The predicted octanol–water partition coefficient (Wildman–Crippen LogP) is 0.456. The second-order valence-corrected chi connectivity index (χ2v) is 11.1. The molecule has 0 saturated heterocycles. The highest BCUT2D eigenvalue weighted by atomic mass is 16.7. The fourth-order valence-electron chi connectivity index (χ4n) is 3.81. The van der Waals surface area contributed by atoms with Crippen LogP contribution in [0.25, 0.3) is 0 Å². The van der Waals surface area contributed by atoms with Crippen LogP contribution in [0.5, 0.6) is 0 Å². The molecule has 0 fully saturated rings. The molecule has 0 aromatic carbocycles. The summed E-state index contributed by atoms with van der Waals surface area (Å²) < 4.78 is 54.4. The number of hydrogen-bond donors (Lipinski definition) is 0. The SMILES string of the molecule is CC(=O)OCCN(CCC#N)CCOC(C)=O.CC(=O)OCCN(CCOC(C)=O)CCOC(C)=O.COCOCCN(CCOCOC)CCOCOC. The third-order valence-corrected chi connectivity index (χ3v) is 6.36. The van der Waals surface area contributed by atoms with Gasteiger partial charge < -0.3 is 52.1 Å². The molecule has 20 heteroatoms. The van der Waals surface area contributed by atoms with Crippen LogP contribution in [0.4, 0.5) is 0 Å². The van der Waals surface area contributed by atoms with Gasteiger partial charge in [-0.3, -0.25) is 38.7 Å². The van der Waals surface area contributed by atoms with Crippen molar-refractivity contribution in [3.63, 3.8) is 0 Å². The van der Waals surface area contributed by atoms with Gasteiger partial charge in [-0.2, -0.15) is 5.26 Å². The summed E-state index contributed by atoms with van der Waals surface area (Å²) in [5.41, 5.74) is 0. The van der Waals surface area contributed by atoms with Crippen LogP contribution in [0.15, 0.2) is 0 Å². The maximum Gasteiger partial charge on any atom is 0.302 e. The molecule has 0 rings (SSSR count). The third kappa shape index (κ3) is 50.5. The van der Waals surface area contributed by atoms with Crippen LogP contribution in [-0.2, 0) is 76.1 Å². The van der Waals surface area contributed by atoms with Crippen molar-refractivity contribution in [2.45, 2.75) is 41.0 Å². The van der Waals surface area contributed by atoms with E-state index in [1.807, 2.05) is 15.9 Å². The van der Waals surface area contributed by atoms with Crippen molar-refractivity contribution in [2.24, 2.45) is 0 Å². The monoisotopic (exact) mass is 798 g/mol. The number of esters is 5. The van der Waals surface area contributed by atoms with Crippen LogP contribution in [0, 0.1) is 11.3 Å². The Bertz CT molecular complexity index is 906. The summed E-state index contributed by atoms with van der Waals surface area (Å²) >= 11 is 0. The fraction of sp³-hybridized carbons (Fsp3) is 0.829. The van der Waals surface area contributed by atoms with Crippen LogP contribution in [0.2, 0.25) is 0 Å². The number of carbonyl (C=O) groups is 5. The third-order valence-electron chi connectivity index (χ3n) is 6.36. The molecule has 0 aliphatic carbocycles. The smallest absolute Gasteiger partial charge is 0.302 e. The summed E-state index contributed by atoms with van der Waals surface area (Å²) in [6, 6.07) is 2.04. The number of ether oxygens (including phenoxy) is 11. The van der Waals surface area contributed by atoms with Gasteiger partial charge in [0, 0.05) is 121 Å². The molecule has 0 atom stereocenters. The largest absolute Gasteiger partial charge is 0.465 e. The van der Waals surface area contributed by atoms with Gasteiger partial charge in [0.25, 0.3) is 0 Å². The highest BCUT2D eigenvalue weighted by Gasteiger charge is 2.09. The van der Waals surface area contributed by atoms with E-state index in [0.29, 0.717) is 85.9 Å². The molecule has 322 valence electrons. The van der Waals surface area contributed by atoms with Crippen molar-refractivity contribution >= 4 is 29.8 Å². The number of rotatable bonds is 32. The first-order chi connectivity index (χ1) is 26.3. The van der Waals surface area contributed by atoms with E-state index >= 15 is 0 Å². The van der Waals surface area contributed by atoms with Gasteiger partial charge in [0.15, 0.2) is 0 Å². The van der Waals surface area contributed by atoms with Gasteiger partial charge >= 0.3 is 29.8 Å². The molecule has 0 N–H and O–H groups in total. The molecule has 0 heterocycles. The van der Waals surface area contributed by atoms with Crippen LogP contribution >= 0.6 is 0 Å². The van der Waals surface area contributed by atoms with Gasteiger partial charge in [0.05, 0.1) is 25.9 Å². The highest BCUT2D eigenvalue weighted by Crippen LogP contribution is 1.95. The lowest BCUT2D eigenvalue weighted by Crippen LogP contribution is -2.34. The highest BCUT2D eigenvalue weighted by molar-refractivity contribution is 5.67. The fourth-order valence-corrected chi connectivity index (χ4v) is 3.81. The quantitative estimate of drug-likeness (QED) is 0.0390. The number of nitriles is 1. The minimum Gasteiger partial charge on any atom is -0.465 e. The number of hydrogen-bond acceptors (Lipinski definition) is 20. The molecule has 0 aliphatic heterocycles. The van der Waals surface area contributed by atoms with E-state index in [1.165, 1.54) is 34.6 Å². The Kier molecular flexibility index (Phi) is 43.9. The zero-order valence-electron chi connectivity index (χ0n) is 34.2. The summed E-state index contributed by atoms with van der Waals surface area (Å²) in [5.74, 6) is -1.70. The Morgan fingerprint density at radius 2 is 0.618 bits per heavy atom. The van der Waals surface area contributed by atoms with Gasteiger partial charge in [0.1, 0.15) is 53.4 Å². The first-order valence-corrected chi connectivity index (χ1v) is 17.7. The van der Waals surface area contributed by atoms with Crippen LogP contribution in [-0.4, -0.2) is 198 Å². The maximum atomic E-state index is 10.7. The summed E-state index contributed by atoms with van der Waals surface area (Å²) in [6.45, 7) is 16.3. The predicted molar refractivity (Wildman–Crippen MR) is 196 cm³/mol. The van der Waals surface area contributed by atoms with E-state index in [9.17, 15) is 24.0 Å². The molecule has 0 radical (unpaired) electrons. The van der Waals surface area contributed by atoms with Crippen molar-refractivity contribution in [3.8, 4) is 6.07 Å². The summed E-state index contributed by atoms with van der Waals surface area (Å²) in [6.07, 6.45) is 0.389. The Morgan fingerprint density at radius 1 is 0.400 bits per heavy atom. The average Bonchev–Trinajstić information content (AvgIpc) is 3.11. The van der Waals surface area contributed by atoms with Crippen molar-refractivity contribution in [2.75, 3.05) is 153 Å². The number of nitrogens with zero attached hydrogens (tertiary/aromatic N) is 4. The normalized spacial score (nSPS) is 10.4. The van der Waals surface area contributed by atoms with Gasteiger partial charge in [-0.15, -0.1) is 0 Å². The Morgan fingerprint density at radius 3 is 0.818 bits per heavy atom. The second kappa shape index (κ2) is 43.2. The van der Waals surface area contributed by atoms with Gasteiger partial charge in [-0.05, 0) is 0 Å². The molecule has 0 amide bonds. The minimum absolute atomic E-state index is 0.246. The van der Waals surface area contributed by atoms with Crippen molar-refractivity contribution < 1.29 is 76.1 Å². The van der Waals surface area contributed by atoms with Crippen LogP contribution < -0.4 is 0 Å². The molecular weight excluding hydrogens is 732 g/mol. The average molecular weight is 799 g/mol. The topological polar surface area (TPSA) is 220 Å². The first kappa shape index (κ1) is 55.8. The first-order valence-electron chi connectivity index (χ1n) is 17.7. The molecule has 0 aliphatic rings. The number of methoxy groups -OCH3 is 3. The molecule has 0 bridgehead atoms. The Balaban J connectivity index is -0.000000739. The maximum absolute atomic E-state index is 10.7. The van der Waals surface area contributed by atoms with E-state index < -0.39 is 0 Å². The zero-order valence-corrected chi connectivity index (χ0v) is 34.2. The van der Waals surface area contributed by atoms with Crippen LogP contribution in [0.3, 0.4) is 0 Å². The lowest BCUT2D eigenvalue weighted by atomic mass is 10.4. The van der Waals surface area contributed by atoms with Crippen molar-refractivity contribution in [1.82, 2.24) is 14.7 Å². The minimum atomic E-state index is -0.347. The second-order valence-electron chi connectivity index (χ2n) is 11.1. The molecule has 20 nitrogen and oxygen atoms in total. The summed E-state index contributed by atoms with van der Waals surface area (Å²) in [5, 5.41) is 8.50. The van der Waals surface area contributed by atoms with Crippen LogP contribution in [0.1, 0.15) is 41.0 Å². The van der Waals surface area contributed by atoms with Gasteiger partial charge in [-0.25, -0.2) is 0 Å². The van der Waals surface area contributed by atoms with Crippen molar-refractivity contribution in [3.05, 3.63) is 0 Å². The van der Waals surface area contributed by atoms with E-state index in [1.54, 1.807) is 21.3 Å². The molecular formula is C35H66N4O16. The van der Waals surface area contributed by atoms with E-state index in [0.717, 1.165) is 19.6 Å². The Labute approximate surface area is 326 Å². The molecule has 0 aromatic rings. The summed E-state index contributed by atoms with van der Waals surface area (Å²) in [7, 11) is 4.82. The molecule has 0 aromatic heterocycles. The van der Waals surface area contributed by atoms with Gasteiger partial charge in [0.2, 0.25) is 0 Å².